The third-order valence-corrected chi connectivity index (χ3v) is 3.58. The van der Waals surface area contributed by atoms with Gasteiger partial charge in [0.2, 0.25) is 0 Å². The zero-order valence-corrected chi connectivity index (χ0v) is 12.9. The van der Waals surface area contributed by atoms with Crippen molar-refractivity contribution in [3.05, 3.63) is 39.8 Å². The average molecular weight is 292 g/mol. The summed E-state index contributed by atoms with van der Waals surface area (Å²) in [6.07, 6.45) is 0. The van der Waals surface area contributed by atoms with Crippen LogP contribution in [0.15, 0.2) is 23.6 Å². The lowest BCUT2D eigenvalue weighted by molar-refractivity contribution is 0.264. The molecule has 0 aliphatic heterocycles. The van der Waals surface area contributed by atoms with Gasteiger partial charge in [-0.05, 0) is 27.0 Å². The average Bonchev–Trinajstić information content (AvgIpc) is 2.84. The van der Waals surface area contributed by atoms with Crippen LogP contribution < -0.4 is 14.8 Å². The number of thiazole rings is 1. The molecule has 0 fully saturated rings. The molecule has 0 aliphatic rings. The van der Waals surface area contributed by atoms with E-state index in [1.165, 1.54) is 0 Å². The Kier molecular flexibility index (Phi) is 5.38. The molecule has 1 N–H and O–H groups in total. The van der Waals surface area contributed by atoms with Gasteiger partial charge in [0.1, 0.15) is 6.61 Å². The van der Waals surface area contributed by atoms with Gasteiger partial charge in [-0.3, -0.25) is 0 Å². The van der Waals surface area contributed by atoms with E-state index < -0.39 is 0 Å². The Morgan fingerprint density at radius 3 is 2.80 bits per heavy atom. The number of nitrogens with zero attached hydrogens (tertiary/aromatic N) is 1. The minimum atomic E-state index is 0.463. The van der Waals surface area contributed by atoms with Gasteiger partial charge in [-0.2, -0.15) is 0 Å². The van der Waals surface area contributed by atoms with E-state index in [1.807, 2.05) is 44.5 Å². The summed E-state index contributed by atoms with van der Waals surface area (Å²) in [5.74, 6) is 1.58. The quantitative estimate of drug-likeness (QED) is 0.851. The lowest BCUT2D eigenvalue weighted by Gasteiger charge is -2.15. The van der Waals surface area contributed by atoms with Crippen LogP contribution in [0.1, 0.15) is 23.2 Å². The highest BCUT2D eigenvalue weighted by atomic mass is 32.1. The maximum Gasteiger partial charge on any atom is 0.166 e. The topological polar surface area (TPSA) is 43.4 Å². The molecule has 0 amide bonds. The van der Waals surface area contributed by atoms with E-state index in [9.17, 15) is 0 Å². The van der Waals surface area contributed by atoms with E-state index in [-0.39, 0.29) is 0 Å². The molecule has 2 rings (SSSR count). The molecule has 4 nitrogen and oxygen atoms in total. The first-order valence-electron chi connectivity index (χ1n) is 6.67. The molecule has 20 heavy (non-hydrogen) atoms. The monoisotopic (exact) mass is 292 g/mol. The molecular weight excluding hydrogens is 272 g/mol. The zero-order chi connectivity index (χ0) is 14.4. The standard InChI is InChI=1S/C15H20N2O2S/c1-4-18-14-7-5-6-12(8-16-3)15(14)19-9-13-10-20-11(2)17-13/h5-7,10,16H,4,8-9H2,1-3H3. The number of aromatic nitrogens is 1. The van der Waals surface area contributed by atoms with Crippen LogP contribution >= 0.6 is 11.3 Å². The highest BCUT2D eigenvalue weighted by Gasteiger charge is 2.11. The third kappa shape index (κ3) is 3.71. The van der Waals surface area contributed by atoms with E-state index in [0.717, 1.165) is 34.3 Å². The predicted octanol–water partition coefficient (Wildman–Crippen LogP) is 3.15. The molecule has 0 saturated heterocycles. The van der Waals surface area contributed by atoms with E-state index in [0.29, 0.717) is 13.2 Å². The highest BCUT2D eigenvalue weighted by molar-refractivity contribution is 7.09. The SMILES string of the molecule is CCOc1cccc(CNC)c1OCc1csc(C)n1. The highest BCUT2D eigenvalue weighted by Crippen LogP contribution is 2.32. The van der Waals surface area contributed by atoms with Gasteiger partial charge in [0.25, 0.3) is 0 Å². The number of nitrogens with one attached hydrogen (secondary N) is 1. The van der Waals surface area contributed by atoms with Gasteiger partial charge >= 0.3 is 0 Å². The van der Waals surface area contributed by atoms with Gasteiger partial charge in [-0.15, -0.1) is 11.3 Å². The molecule has 0 unspecified atom stereocenters. The first-order chi connectivity index (χ1) is 9.74. The maximum atomic E-state index is 5.95. The largest absolute Gasteiger partial charge is 0.490 e. The van der Waals surface area contributed by atoms with Crippen molar-refractivity contribution in [1.82, 2.24) is 10.3 Å². The van der Waals surface area contributed by atoms with Crippen LogP contribution in [0.5, 0.6) is 11.5 Å². The van der Waals surface area contributed by atoms with Crippen LogP contribution in [0.4, 0.5) is 0 Å². The number of rotatable bonds is 7. The van der Waals surface area contributed by atoms with Crippen molar-refractivity contribution >= 4 is 11.3 Å². The zero-order valence-electron chi connectivity index (χ0n) is 12.1. The van der Waals surface area contributed by atoms with E-state index in [2.05, 4.69) is 10.3 Å². The van der Waals surface area contributed by atoms with Crippen LogP contribution in [-0.4, -0.2) is 18.6 Å². The van der Waals surface area contributed by atoms with Gasteiger partial charge in [0.05, 0.1) is 17.3 Å². The van der Waals surface area contributed by atoms with Crippen molar-refractivity contribution in [2.75, 3.05) is 13.7 Å². The fraction of sp³-hybridized carbons (Fsp3) is 0.400. The van der Waals surface area contributed by atoms with Crippen molar-refractivity contribution in [1.29, 1.82) is 0 Å². The second-order valence-electron chi connectivity index (χ2n) is 4.35. The second kappa shape index (κ2) is 7.26. The van der Waals surface area contributed by atoms with Crippen molar-refractivity contribution in [3.8, 4) is 11.5 Å². The fourth-order valence-electron chi connectivity index (χ4n) is 1.94. The summed E-state index contributed by atoms with van der Waals surface area (Å²) >= 11 is 1.63. The van der Waals surface area contributed by atoms with E-state index in [1.54, 1.807) is 11.3 Å². The van der Waals surface area contributed by atoms with E-state index >= 15 is 0 Å². The normalized spacial score (nSPS) is 10.6. The van der Waals surface area contributed by atoms with Gasteiger partial charge in [-0.25, -0.2) is 4.98 Å². The summed E-state index contributed by atoms with van der Waals surface area (Å²) in [5, 5.41) is 6.22. The summed E-state index contributed by atoms with van der Waals surface area (Å²) in [7, 11) is 1.92. The Balaban J connectivity index is 2.18. The Morgan fingerprint density at radius 1 is 1.30 bits per heavy atom. The number of para-hydroxylation sites is 1. The van der Waals surface area contributed by atoms with Crippen LogP contribution in [0, 0.1) is 6.92 Å². The summed E-state index contributed by atoms with van der Waals surface area (Å²) in [4.78, 5) is 4.41. The van der Waals surface area contributed by atoms with Gasteiger partial charge in [0, 0.05) is 17.5 Å². The molecule has 1 heterocycles. The summed E-state index contributed by atoms with van der Waals surface area (Å²) in [6.45, 7) is 5.79. The predicted molar refractivity (Wildman–Crippen MR) is 81.6 cm³/mol. The third-order valence-electron chi connectivity index (χ3n) is 2.76. The molecule has 0 atom stereocenters. The Labute approximate surface area is 123 Å². The van der Waals surface area contributed by atoms with Gasteiger partial charge < -0.3 is 14.8 Å². The molecule has 0 radical (unpaired) electrons. The number of aryl methyl sites for hydroxylation is 1. The first-order valence-corrected chi connectivity index (χ1v) is 7.55. The Bertz CT molecular complexity index is 530. The minimum absolute atomic E-state index is 0.463. The maximum absolute atomic E-state index is 5.95. The van der Waals surface area contributed by atoms with Crippen molar-refractivity contribution < 1.29 is 9.47 Å². The molecule has 0 saturated carbocycles. The van der Waals surface area contributed by atoms with Crippen molar-refractivity contribution in [2.45, 2.75) is 27.0 Å². The van der Waals surface area contributed by atoms with Gasteiger partial charge in [0.15, 0.2) is 11.5 Å². The number of benzene rings is 1. The minimum Gasteiger partial charge on any atom is -0.490 e. The Hall–Kier alpha value is -1.59. The van der Waals surface area contributed by atoms with Crippen LogP contribution in [0.3, 0.4) is 0 Å². The van der Waals surface area contributed by atoms with E-state index in [4.69, 9.17) is 9.47 Å². The Morgan fingerprint density at radius 2 is 2.15 bits per heavy atom. The summed E-state index contributed by atoms with van der Waals surface area (Å²) < 4.78 is 11.6. The summed E-state index contributed by atoms with van der Waals surface area (Å²) in [5.41, 5.74) is 2.04. The molecule has 0 aliphatic carbocycles. The van der Waals surface area contributed by atoms with Crippen molar-refractivity contribution in [3.63, 3.8) is 0 Å². The molecule has 2 aromatic rings. The second-order valence-corrected chi connectivity index (χ2v) is 5.42. The lowest BCUT2D eigenvalue weighted by atomic mass is 10.2. The fourth-order valence-corrected chi connectivity index (χ4v) is 2.54. The lowest BCUT2D eigenvalue weighted by Crippen LogP contribution is -2.09. The molecule has 5 heteroatoms. The number of hydrogen-bond donors (Lipinski definition) is 1. The molecular formula is C15H20N2O2S. The molecule has 108 valence electrons. The van der Waals surface area contributed by atoms with Crippen LogP contribution in [0.25, 0.3) is 0 Å². The number of ether oxygens (including phenoxy) is 2. The number of hydrogen-bond acceptors (Lipinski definition) is 5. The first kappa shape index (κ1) is 14.8. The van der Waals surface area contributed by atoms with Crippen molar-refractivity contribution in [2.24, 2.45) is 0 Å². The van der Waals surface area contributed by atoms with Crippen LogP contribution in [0.2, 0.25) is 0 Å². The smallest absolute Gasteiger partial charge is 0.166 e. The summed E-state index contributed by atoms with van der Waals surface area (Å²) in [6, 6.07) is 5.96. The molecule has 1 aromatic carbocycles. The molecule has 0 bridgehead atoms. The molecule has 0 spiro atoms. The van der Waals surface area contributed by atoms with Gasteiger partial charge in [-0.1, -0.05) is 12.1 Å². The van der Waals surface area contributed by atoms with Crippen LogP contribution in [-0.2, 0) is 13.2 Å². The molecule has 1 aromatic heterocycles.